The standard InChI is InChI=1S/C13H19N3O3/c1-9(2)13(17)16-7-6-10(8-16)19-12-5-4-11(18-3)14-15-12/h4-5,9-10H,6-8H2,1-3H3. The van der Waals surface area contributed by atoms with E-state index in [-0.39, 0.29) is 17.9 Å². The first-order chi connectivity index (χ1) is 9.10. The highest BCUT2D eigenvalue weighted by Gasteiger charge is 2.28. The molecule has 1 aliphatic heterocycles. The molecule has 104 valence electrons. The highest BCUT2D eigenvalue weighted by Crippen LogP contribution is 2.18. The molecule has 0 aromatic carbocycles. The van der Waals surface area contributed by atoms with Gasteiger partial charge in [0.1, 0.15) is 6.10 Å². The number of nitrogens with zero attached hydrogens (tertiary/aromatic N) is 3. The molecule has 0 N–H and O–H groups in total. The lowest BCUT2D eigenvalue weighted by molar-refractivity contribution is -0.133. The summed E-state index contributed by atoms with van der Waals surface area (Å²) in [5.74, 6) is 1.12. The number of methoxy groups -OCH3 is 1. The number of likely N-dealkylation sites (tertiary alicyclic amines) is 1. The molecule has 1 aliphatic rings. The first-order valence-corrected chi connectivity index (χ1v) is 6.43. The number of carbonyl (C=O) groups excluding carboxylic acids is 1. The predicted octanol–water partition coefficient (Wildman–Crippen LogP) is 1.12. The lowest BCUT2D eigenvalue weighted by Gasteiger charge is -2.18. The van der Waals surface area contributed by atoms with E-state index in [0.717, 1.165) is 13.0 Å². The van der Waals surface area contributed by atoms with Crippen molar-refractivity contribution in [3.8, 4) is 11.8 Å². The molecular weight excluding hydrogens is 246 g/mol. The Morgan fingerprint density at radius 1 is 1.37 bits per heavy atom. The normalized spacial score (nSPS) is 18.7. The van der Waals surface area contributed by atoms with Crippen molar-refractivity contribution in [2.45, 2.75) is 26.4 Å². The third kappa shape index (κ3) is 3.33. The SMILES string of the molecule is COc1ccc(OC2CCN(C(=O)C(C)C)C2)nn1. The minimum atomic E-state index is -0.00889. The van der Waals surface area contributed by atoms with Crippen molar-refractivity contribution >= 4 is 5.91 Å². The molecule has 1 aromatic heterocycles. The molecule has 0 aliphatic carbocycles. The van der Waals surface area contributed by atoms with Crippen LogP contribution in [0, 0.1) is 5.92 Å². The molecule has 0 bridgehead atoms. The zero-order valence-corrected chi connectivity index (χ0v) is 11.5. The van der Waals surface area contributed by atoms with Gasteiger partial charge in [-0.05, 0) is 0 Å². The number of hydrogen-bond acceptors (Lipinski definition) is 5. The maximum absolute atomic E-state index is 11.9. The van der Waals surface area contributed by atoms with E-state index in [1.165, 1.54) is 7.11 Å². The number of hydrogen-bond donors (Lipinski definition) is 0. The number of carbonyl (C=O) groups is 1. The zero-order valence-electron chi connectivity index (χ0n) is 11.5. The second-order valence-corrected chi connectivity index (χ2v) is 4.88. The van der Waals surface area contributed by atoms with Gasteiger partial charge in [-0.25, -0.2) is 0 Å². The Balaban J connectivity index is 1.89. The fraction of sp³-hybridized carbons (Fsp3) is 0.615. The highest BCUT2D eigenvalue weighted by atomic mass is 16.5. The van der Waals surface area contributed by atoms with Gasteiger partial charge in [-0.15, -0.1) is 10.2 Å². The summed E-state index contributed by atoms with van der Waals surface area (Å²) in [6.45, 7) is 5.17. The molecule has 6 heteroatoms. The summed E-state index contributed by atoms with van der Waals surface area (Å²) in [5.41, 5.74) is 0. The van der Waals surface area contributed by atoms with E-state index in [1.807, 2.05) is 18.7 Å². The maximum Gasteiger partial charge on any atom is 0.233 e. The van der Waals surface area contributed by atoms with Gasteiger partial charge in [0.25, 0.3) is 0 Å². The van der Waals surface area contributed by atoms with Gasteiger partial charge in [0, 0.05) is 31.0 Å². The molecule has 6 nitrogen and oxygen atoms in total. The molecule has 1 fully saturated rings. The van der Waals surface area contributed by atoms with Crippen LogP contribution >= 0.6 is 0 Å². The van der Waals surface area contributed by atoms with Gasteiger partial charge < -0.3 is 14.4 Å². The number of aromatic nitrogens is 2. The largest absolute Gasteiger partial charge is 0.480 e. The topological polar surface area (TPSA) is 64.6 Å². The molecular formula is C13H19N3O3. The van der Waals surface area contributed by atoms with Gasteiger partial charge in [-0.2, -0.15) is 0 Å². The van der Waals surface area contributed by atoms with Crippen LogP contribution in [0.5, 0.6) is 11.8 Å². The van der Waals surface area contributed by atoms with Crippen LogP contribution in [0.15, 0.2) is 12.1 Å². The number of rotatable bonds is 4. The maximum atomic E-state index is 11.9. The monoisotopic (exact) mass is 265 g/mol. The molecule has 1 atom stereocenters. The molecule has 0 spiro atoms. The summed E-state index contributed by atoms with van der Waals surface area (Å²) < 4.78 is 10.6. The first-order valence-electron chi connectivity index (χ1n) is 6.43. The molecule has 0 saturated carbocycles. The van der Waals surface area contributed by atoms with Gasteiger partial charge in [-0.1, -0.05) is 13.8 Å². The lowest BCUT2D eigenvalue weighted by Crippen LogP contribution is -2.33. The molecule has 1 aromatic rings. The van der Waals surface area contributed by atoms with Crippen molar-refractivity contribution in [2.24, 2.45) is 5.92 Å². The van der Waals surface area contributed by atoms with Gasteiger partial charge >= 0.3 is 0 Å². The van der Waals surface area contributed by atoms with Crippen molar-refractivity contribution in [1.82, 2.24) is 15.1 Å². The first kappa shape index (κ1) is 13.6. The van der Waals surface area contributed by atoms with Crippen LogP contribution in [0.4, 0.5) is 0 Å². The summed E-state index contributed by atoms with van der Waals surface area (Å²) in [6.07, 6.45) is 0.817. The number of amides is 1. The third-order valence-electron chi connectivity index (χ3n) is 3.06. The number of ether oxygens (including phenoxy) is 2. The van der Waals surface area contributed by atoms with Crippen molar-refractivity contribution in [3.05, 3.63) is 12.1 Å². The van der Waals surface area contributed by atoms with E-state index in [1.54, 1.807) is 12.1 Å². The Bertz CT molecular complexity index is 433. The predicted molar refractivity (Wildman–Crippen MR) is 69.0 cm³/mol. The molecule has 0 radical (unpaired) electrons. The fourth-order valence-electron chi connectivity index (χ4n) is 2.04. The second kappa shape index (κ2) is 5.86. The Morgan fingerprint density at radius 2 is 2.05 bits per heavy atom. The Kier molecular flexibility index (Phi) is 4.19. The molecule has 2 heterocycles. The smallest absolute Gasteiger partial charge is 0.233 e. The Labute approximate surface area is 112 Å². The fourth-order valence-corrected chi connectivity index (χ4v) is 2.04. The summed E-state index contributed by atoms with van der Waals surface area (Å²) in [7, 11) is 1.54. The average Bonchev–Trinajstić information content (AvgIpc) is 2.87. The van der Waals surface area contributed by atoms with E-state index in [2.05, 4.69) is 10.2 Å². The minimum Gasteiger partial charge on any atom is -0.480 e. The van der Waals surface area contributed by atoms with E-state index in [0.29, 0.717) is 18.3 Å². The van der Waals surface area contributed by atoms with Crippen molar-refractivity contribution in [2.75, 3.05) is 20.2 Å². The van der Waals surface area contributed by atoms with Crippen LogP contribution in [0.2, 0.25) is 0 Å². The lowest BCUT2D eigenvalue weighted by atomic mass is 10.2. The second-order valence-electron chi connectivity index (χ2n) is 4.88. The van der Waals surface area contributed by atoms with Crippen LogP contribution in [0.1, 0.15) is 20.3 Å². The van der Waals surface area contributed by atoms with Gasteiger partial charge in [0.2, 0.25) is 17.7 Å². The van der Waals surface area contributed by atoms with Crippen molar-refractivity contribution < 1.29 is 14.3 Å². The Morgan fingerprint density at radius 3 is 2.63 bits per heavy atom. The Hall–Kier alpha value is -1.85. The van der Waals surface area contributed by atoms with Crippen LogP contribution in [0.3, 0.4) is 0 Å². The van der Waals surface area contributed by atoms with Crippen LogP contribution in [0.25, 0.3) is 0 Å². The van der Waals surface area contributed by atoms with Crippen LogP contribution in [-0.2, 0) is 4.79 Å². The van der Waals surface area contributed by atoms with E-state index < -0.39 is 0 Å². The average molecular weight is 265 g/mol. The molecule has 19 heavy (non-hydrogen) atoms. The van der Waals surface area contributed by atoms with Crippen LogP contribution < -0.4 is 9.47 Å². The van der Waals surface area contributed by atoms with E-state index >= 15 is 0 Å². The summed E-state index contributed by atoms with van der Waals surface area (Å²) >= 11 is 0. The molecule has 1 amide bonds. The third-order valence-corrected chi connectivity index (χ3v) is 3.06. The van der Waals surface area contributed by atoms with Crippen molar-refractivity contribution in [3.63, 3.8) is 0 Å². The molecule has 1 saturated heterocycles. The zero-order chi connectivity index (χ0) is 13.8. The van der Waals surface area contributed by atoms with E-state index in [4.69, 9.17) is 9.47 Å². The highest BCUT2D eigenvalue weighted by molar-refractivity contribution is 5.78. The molecule has 2 rings (SSSR count). The van der Waals surface area contributed by atoms with Crippen LogP contribution in [-0.4, -0.2) is 47.3 Å². The summed E-state index contributed by atoms with van der Waals surface area (Å²) in [5, 5.41) is 7.76. The minimum absolute atomic E-state index is 0.00889. The molecule has 1 unspecified atom stereocenters. The quantitative estimate of drug-likeness (QED) is 0.816. The van der Waals surface area contributed by atoms with Gasteiger partial charge in [0.15, 0.2) is 0 Å². The van der Waals surface area contributed by atoms with Gasteiger partial charge in [0.05, 0.1) is 13.7 Å². The van der Waals surface area contributed by atoms with Gasteiger partial charge in [-0.3, -0.25) is 4.79 Å². The summed E-state index contributed by atoms with van der Waals surface area (Å²) in [6, 6.07) is 3.42. The van der Waals surface area contributed by atoms with Crippen molar-refractivity contribution in [1.29, 1.82) is 0 Å². The summed E-state index contributed by atoms with van der Waals surface area (Å²) in [4.78, 5) is 13.7. The van der Waals surface area contributed by atoms with E-state index in [9.17, 15) is 4.79 Å².